The molecule has 0 bridgehead atoms. The Balaban J connectivity index is 1.70. The second kappa shape index (κ2) is 6.45. The van der Waals surface area contributed by atoms with E-state index in [-0.39, 0.29) is 5.91 Å². The Morgan fingerprint density at radius 2 is 1.61 bits per heavy atom. The normalized spacial score (nSPS) is 13.3. The molecule has 0 aromatic heterocycles. The summed E-state index contributed by atoms with van der Waals surface area (Å²) >= 11 is 0. The van der Waals surface area contributed by atoms with Crippen LogP contribution in [0.3, 0.4) is 0 Å². The summed E-state index contributed by atoms with van der Waals surface area (Å²) in [4.78, 5) is 16.5. The minimum absolute atomic E-state index is 0.0926. The number of rotatable bonds is 4. The first-order valence-corrected chi connectivity index (χ1v) is 8.22. The molecule has 0 atom stereocenters. The van der Waals surface area contributed by atoms with Crippen molar-refractivity contribution in [3.05, 3.63) is 65.2 Å². The summed E-state index contributed by atoms with van der Waals surface area (Å²) in [5.74, 6) is 0.571. The van der Waals surface area contributed by atoms with Crippen molar-refractivity contribution in [1.82, 2.24) is 4.90 Å². The van der Waals surface area contributed by atoms with Crippen molar-refractivity contribution in [3.8, 4) is 0 Å². The van der Waals surface area contributed by atoms with Crippen LogP contribution in [-0.4, -0.2) is 24.4 Å². The maximum atomic E-state index is 12.4. The number of nitrogens with zero attached hydrogens (tertiary/aromatic N) is 2. The highest BCUT2D eigenvalue weighted by Gasteiger charge is 2.19. The largest absolute Gasteiger partial charge is 0.363 e. The zero-order valence-electron chi connectivity index (χ0n) is 14.1. The van der Waals surface area contributed by atoms with E-state index in [0.29, 0.717) is 5.92 Å². The number of amides is 1. The van der Waals surface area contributed by atoms with Gasteiger partial charge in [0.2, 0.25) is 0 Å². The Hall–Kier alpha value is -2.29. The molecular formula is C20H24N2O. The van der Waals surface area contributed by atoms with E-state index >= 15 is 0 Å². The van der Waals surface area contributed by atoms with Gasteiger partial charge in [0.25, 0.3) is 5.91 Å². The SMILES string of the molecule is CC(C)CN(C)C(=O)c1ccc(N2Cc3ccccc3C2)cc1. The minimum atomic E-state index is 0.0926. The monoisotopic (exact) mass is 308 g/mol. The average molecular weight is 308 g/mol. The molecule has 0 radical (unpaired) electrons. The van der Waals surface area contributed by atoms with E-state index in [1.54, 1.807) is 4.90 Å². The van der Waals surface area contributed by atoms with E-state index in [4.69, 9.17) is 0 Å². The Morgan fingerprint density at radius 1 is 1.04 bits per heavy atom. The van der Waals surface area contributed by atoms with Crippen molar-refractivity contribution in [2.24, 2.45) is 5.92 Å². The second-order valence-electron chi connectivity index (χ2n) is 6.75. The first-order valence-electron chi connectivity index (χ1n) is 8.22. The molecule has 3 heteroatoms. The molecule has 1 aliphatic heterocycles. The number of carbonyl (C=O) groups excluding carboxylic acids is 1. The van der Waals surface area contributed by atoms with E-state index in [0.717, 1.165) is 25.2 Å². The van der Waals surface area contributed by atoms with Crippen LogP contribution in [0.5, 0.6) is 0 Å². The van der Waals surface area contributed by atoms with E-state index in [1.807, 2.05) is 19.2 Å². The van der Waals surface area contributed by atoms with Crippen molar-refractivity contribution < 1.29 is 4.79 Å². The molecule has 3 nitrogen and oxygen atoms in total. The smallest absolute Gasteiger partial charge is 0.253 e. The lowest BCUT2D eigenvalue weighted by molar-refractivity contribution is 0.0779. The van der Waals surface area contributed by atoms with E-state index in [2.05, 4.69) is 55.1 Å². The first-order chi connectivity index (χ1) is 11.0. The van der Waals surface area contributed by atoms with E-state index < -0.39 is 0 Å². The molecule has 0 aliphatic carbocycles. The lowest BCUT2D eigenvalue weighted by Crippen LogP contribution is -2.30. The summed E-state index contributed by atoms with van der Waals surface area (Å²) in [5, 5.41) is 0. The fourth-order valence-corrected chi connectivity index (χ4v) is 3.18. The number of anilines is 1. The number of hydrogen-bond donors (Lipinski definition) is 0. The van der Waals surface area contributed by atoms with Crippen LogP contribution in [0.2, 0.25) is 0 Å². The molecule has 1 amide bonds. The molecule has 23 heavy (non-hydrogen) atoms. The Bertz CT molecular complexity index is 666. The summed E-state index contributed by atoms with van der Waals surface area (Å²) in [6.45, 7) is 6.91. The van der Waals surface area contributed by atoms with Crippen LogP contribution >= 0.6 is 0 Å². The fraction of sp³-hybridized carbons (Fsp3) is 0.350. The van der Waals surface area contributed by atoms with Gasteiger partial charge in [0.15, 0.2) is 0 Å². The molecule has 0 saturated carbocycles. The van der Waals surface area contributed by atoms with Gasteiger partial charge < -0.3 is 9.80 Å². The molecule has 2 aromatic carbocycles. The van der Waals surface area contributed by atoms with Crippen LogP contribution in [-0.2, 0) is 13.1 Å². The lowest BCUT2D eigenvalue weighted by atomic mass is 10.1. The average Bonchev–Trinajstić information content (AvgIpc) is 2.97. The molecule has 0 spiro atoms. The van der Waals surface area contributed by atoms with Gasteiger partial charge in [0.05, 0.1) is 0 Å². The molecular weight excluding hydrogens is 284 g/mol. The number of carbonyl (C=O) groups is 1. The molecule has 0 saturated heterocycles. The van der Waals surface area contributed by atoms with Crippen molar-refractivity contribution in [1.29, 1.82) is 0 Å². The number of hydrogen-bond acceptors (Lipinski definition) is 2. The van der Waals surface area contributed by atoms with Gasteiger partial charge in [-0.2, -0.15) is 0 Å². The summed E-state index contributed by atoms with van der Waals surface area (Å²) in [5.41, 5.74) is 4.71. The maximum Gasteiger partial charge on any atom is 0.253 e. The molecule has 2 aromatic rings. The topological polar surface area (TPSA) is 23.6 Å². The standard InChI is InChI=1S/C20H24N2O/c1-15(2)12-21(3)20(23)16-8-10-19(11-9-16)22-13-17-6-4-5-7-18(17)14-22/h4-11,15H,12-14H2,1-3H3. The van der Waals surface area contributed by atoms with Crippen molar-refractivity contribution in [3.63, 3.8) is 0 Å². The summed E-state index contributed by atoms with van der Waals surface area (Å²) < 4.78 is 0. The third-order valence-electron chi connectivity index (χ3n) is 4.31. The van der Waals surface area contributed by atoms with Crippen LogP contribution in [0.1, 0.15) is 35.3 Å². The quantitative estimate of drug-likeness (QED) is 0.854. The number of benzene rings is 2. The molecule has 3 rings (SSSR count). The van der Waals surface area contributed by atoms with Crippen LogP contribution < -0.4 is 4.90 Å². The highest BCUT2D eigenvalue weighted by atomic mass is 16.2. The highest BCUT2D eigenvalue weighted by Crippen LogP contribution is 2.28. The zero-order valence-corrected chi connectivity index (χ0v) is 14.1. The molecule has 1 heterocycles. The van der Waals surface area contributed by atoms with Crippen LogP contribution in [0.25, 0.3) is 0 Å². The van der Waals surface area contributed by atoms with Crippen molar-refractivity contribution >= 4 is 11.6 Å². The first kappa shape index (κ1) is 15.6. The predicted octanol–water partition coefficient (Wildman–Crippen LogP) is 3.93. The van der Waals surface area contributed by atoms with E-state index in [1.165, 1.54) is 16.8 Å². The Morgan fingerprint density at radius 3 is 2.13 bits per heavy atom. The summed E-state index contributed by atoms with van der Waals surface area (Å²) in [7, 11) is 1.87. The van der Waals surface area contributed by atoms with Gasteiger partial charge in [-0.1, -0.05) is 38.1 Å². The lowest BCUT2D eigenvalue weighted by Gasteiger charge is -2.21. The minimum Gasteiger partial charge on any atom is -0.363 e. The van der Waals surface area contributed by atoms with Crippen LogP contribution in [0.15, 0.2) is 48.5 Å². The fourth-order valence-electron chi connectivity index (χ4n) is 3.18. The molecule has 0 unspecified atom stereocenters. The molecule has 0 N–H and O–H groups in total. The molecule has 0 fully saturated rings. The van der Waals surface area contributed by atoms with Gasteiger partial charge in [0.1, 0.15) is 0 Å². The van der Waals surface area contributed by atoms with Crippen LogP contribution in [0, 0.1) is 5.92 Å². The zero-order chi connectivity index (χ0) is 16.4. The van der Waals surface area contributed by atoms with Crippen molar-refractivity contribution in [2.45, 2.75) is 26.9 Å². The molecule has 120 valence electrons. The van der Waals surface area contributed by atoms with Gasteiger partial charge in [0, 0.05) is 37.9 Å². The Kier molecular flexibility index (Phi) is 4.37. The maximum absolute atomic E-state index is 12.4. The van der Waals surface area contributed by atoms with Gasteiger partial charge in [-0.25, -0.2) is 0 Å². The predicted molar refractivity (Wildman–Crippen MR) is 94.6 cm³/mol. The number of fused-ring (bicyclic) bond motifs is 1. The van der Waals surface area contributed by atoms with Gasteiger partial charge in [-0.15, -0.1) is 0 Å². The summed E-state index contributed by atoms with van der Waals surface area (Å²) in [6, 6.07) is 16.6. The van der Waals surface area contributed by atoms with Crippen LogP contribution in [0.4, 0.5) is 5.69 Å². The van der Waals surface area contributed by atoms with Gasteiger partial charge >= 0.3 is 0 Å². The Labute approximate surface area is 138 Å². The van der Waals surface area contributed by atoms with Crippen molar-refractivity contribution in [2.75, 3.05) is 18.5 Å². The summed E-state index contributed by atoms with van der Waals surface area (Å²) in [6.07, 6.45) is 0. The second-order valence-corrected chi connectivity index (χ2v) is 6.75. The third-order valence-corrected chi connectivity index (χ3v) is 4.31. The third kappa shape index (κ3) is 3.39. The highest BCUT2D eigenvalue weighted by molar-refractivity contribution is 5.94. The molecule has 1 aliphatic rings. The van der Waals surface area contributed by atoms with Gasteiger partial charge in [-0.3, -0.25) is 4.79 Å². The van der Waals surface area contributed by atoms with E-state index in [9.17, 15) is 4.79 Å². The van der Waals surface area contributed by atoms with Gasteiger partial charge in [-0.05, 0) is 41.3 Å².